The van der Waals surface area contributed by atoms with Crippen LogP contribution in [0.5, 0.6) is 0 Å². The van der Waals surface area contributed by atoms with Crippen LogP contribution in [0.15, 0.2) is 192 Å². The van der Waals surface area contributed by atoms with Crippen molar-refractivity contribution in [2.24, 2.45) is 0 Å². The van der Waals surface area contributed by atoms with E-state index in [1.165, 1.54) is 27.1 Å². The predicted octanol–water partition coefficient (Wildman–Crippen LogP) is 13.6. The van der Waals surface area contributed by atoms with Gasteiger partial charge < -0.3 is 4.42 Å². The molecule has 0 unspecified atom stereocenters. The highest BCUT2D eigenvalue weighted by atomic mass is 16.3. The van der Waals surface area contributed by atoms with Crippen LogP contribution in [0.25, 0.3) is 111 Å². The summed E-state index contributed by atoms with van der Waals surface area (Å²) in [4.78, 5) is 15.4. The molecule has 9 aromatic carbocycles. The Labute approximate surface area is 317 Å². The summed E-state index contributed by atoms with van der Waals surface area (Å²) in [5.41, 5.74) is 8.81. The summed E-state index contributed by atoms with van der Waals surface area (Å²) < 4.78 is 6.76. The van der Waals surface area contributed by atoms with E-state index in [0.717, 1.165) is 66.1 Å². The van der Waals surface area contributed by atoms with Gasteiger partial charge in [-0.05, 0) is 79.3 Å². The summed E-state index contributed by atoms with van der Waals surface area (Å²) in [6.07, 6.45) is 0. The molecule has 2 heterocycles. The molecule has 0 aliphatic rings. The molecule has 4 nitrogen and oxygen atoms in total. The van der Waals surface area contributed by atoms with Crippen molar-refractivity contribution in [3.05, 3.63) is 188 Å². The molecule has 4 heteroatoms. The molecule has 0 atom stereocenters. The summed E-state index contributed by atoms with van der Waals surface area (Å²) in [6.45, 7) is 0. The Morgan fingerprint density at radius 3 is 1.62 bits per heavy atom. The van der Waals surface area contributed by atoms with Crippen LogP contribution in [-0.2, 0) is 0 Å². The highest BCUT2D eigenvalue weighted by Crippen LogP contribution is 2.41. The van der Waals surface area contributed by atoms with Crippen LogP contribution in [0.1, 0.15) is 0 Å². The minimum absolute atomic E-state index is 0.598. The molecule has 0 aliphatic carbocycles. The van der Waals surface area contributed by atoms with Gasteiger partial charge in [-0.1, -0.05) is 158 Å². The largest absolute Gasteiger partial charge is 0.455 e. The zero-order chi connectivity index (χ0) is 36.3. The zero-order valence-corrected chi connectivity index (χ0v) is 29.6. The number of rotatable bonds is 5. The van der Waals surface area contributed by atoms with Gasteiger partial charge in [0.05, 0.1) is 0 Å². The SMILES string of the molecule is c1ccc(-c2nc(-c3ccc(-c4cccc5ccccc45)cc3)nc(-c3cc(-c4ccc5ccccc5c4)c4oc5cc6ccccc6cc5c4c3)n2)cc1. The first-order valence-electron chi connectivity index (χ1n) is 18.5. The molecule has 0 bridgehead atoms. The average Bonchev–Trinajstić information content (AvgIpc) is 3.62. The van der Waals surface area contributed by atoms with Crippen LogP contribution in [0, 0.1) is 0 Å². The van der Waals surface area contributed by atoms with Gasteiger partial charge in [0, 0.05) is 33.0 Å². The zero-order valence-electron chi connectivity index (χ0n) is 29.6. The van der Waals surface area contributed by atoms with Gasteiger partial charge in [-0.25, -0.2) is 15.0 Å². The number of nitrogens with zero attached hydrogens (tertiary/aromatic N) is 3. The van der Waals surface area contributed by atoms with E-state index in [1.807, 2.05) is 30.3 Å². The Morgan fingerprint density at radius 2 is 0.855 bits per heavy atom. The van der Waals surface area contributed by atoms with Gasteiger partial charge in [-0.15, -0.1) is 0 Å². The molecule has 55 heavy (non-hydrogen) atoms. The fraction of sp³-hybridized carbons (Fsp3) is 0. The first kappa shape index (κ1) is 31.1. The second-order valence-electron chi connectivity index (χ2n) is 14.0. The van der Waals surface area contributed by atoms with Crippen molar-refractivity contribution >= 4 is 54.3 Å². The lowest BCUT2D eigenvalue weighted by molar-refractivity contribution is 0.670. The normalized spacial score (nSPS) is 11.6. The summed E-state index contributed by atoms with van der Waals surface area (Å²) in [5, 5.41) is 9.18. The molecule has 11 aromatic rings. The highest BCUT2D eigenvalue weighted by molar-refractivity contribution is 6.14. The number of benzene rings is 9. The topological polar surface area (TPSA) is 51.8 Å². The van der Waals surface area contributed by atoms with E-state index in [-0.39, 0.29) is 0 Å². The first-order chi connectivity index (χ1) is 27.2. The molecule has 256 valence electrons. The maximum Gasteiger partial charge on any atom is 0.164 e. The molecule has 2 aromatic heterocycles. The van der Waals surface area contributed by atoms with Crippen molar-refractivity contribution in [1.82, 2.24) is 15.0 Å². The van der Waals surface area contributed by atoms with Crippen molar-refractivity contribution in [2.75, 3.05) is 0 Å². The number of hydrogen-bond donors (Lipinski definition) is 0. The van der Waals surface area contributed by atoms with Crippen LogP contribution >= 0.6 is 0 Å². The van der Waals surface area contributed by atoms with E-state index in [0.29, 0.717) is 17.5 Å². The van der Waals surface area contributed by atoms with Gasteiger partial charge >= 0.3 is 0 Å². The number of aromatic nitrogens is 3. The lowest BCUT2D eigenvalue weighted by Crippen LogP contribution is -2.00. The molecular formula is C51H31N3O. The number of furan rings is 1. The monoisotopic (exact) mass is 701 g/mol. The van der Waals surface area contributed by atoms with Gasteiger partial charge in [0.1, 0.15) is 11.2 Å². The smallest absolute Gasteiger partial charge is 0.164 e. The third-order valence-electron chi connectivity index (χ3n) is 10.7. The van der Waals surface area contributed by atoms with Gasteiger partial charge in [0.15, 0.2) is 17.5 Å². The lowest BCUT2D eigenvalue weighted by Gasteiger charge is -2.12. The second-order valence-corrected chi connectivity index (χ2v) is 14.0. The van der Waals surface area contributed by atoms with Crippen molar-refractivity contribution in [3.63, 3.8) is 0 Å². The Hall–Kier alpha value is -7.43. The molecule has 0 radical (unpaired) electrons. The fourth-order valence-corrected chi connectivity index (χ4v) is 7.89. The molecule has 0 fully saturated rings. The first-order valence-corrected chi connectivity index (χ1v) is 18.5. The van der Waals surface area contributed by atoms with E-state index in [4.69, 9.17) is 19.4 Å². The summed E-state index contributed by atoms with van der Waals surface area (Å²) in [6, 6.07) is 65.8. The summed E-state index contributed by atoms with van der Waals surface area (Å²) in [5.74, 6) is 1.83. The standard InChI is InChI=1S/C51H31N3O/c1-2-13-35(14-3-1)49-52-50(36-24-22-34(23-25-36)43-20-10-18-33-12-8-9-19-42(33)43)54-51(53-49)41-29-44(40-26-21-32-11-4-5-15-37(32)27-40)48-46(30-41)45-28-38-16-6-7-17-39(38)31-47(45)55-48/h1-31H. The van der Waals surface area contributed by atoms with Gasteiger partial charge in [0.2, 0.25) is 0 Å². The second kappa shape index (κ2) is 12.6. The third kappa shape index (κ3) is 5.43. The summed E-state index contributed by atoms with van der Waals surface area (Å²) in [7, 11) is 0. The Balaban J connectivity index is 1.12. The Morgan fingerprint density at radius 1 is 0.291 bits per heavy atom. The molecule has 0 amide bonds. The van der Waals surface area contributed by atoms with Crippen molar-refractivity contribution in [2.45, 2.75) is 0 Å². The van der Waals surface area contributed by atoms with Crippen LogP contribution in [0.3, 0.4) is 0 Å². The van der Waals surface area contributed by atoms with Crippen molar-refractivity contribution in [1.29, 1.82) is 0 Å². The quantitative estimate of drug-likeness (QED) is 0.179. The van der Waals surface area contributed by atoms with Crippen LogP contribution < -0.4 is 0 Å². The number of hydrogen-bond acceptors (Lipinski definition) is 4. The van der Waals surface area contributed by atoms with Crippen molar-refractivity contribution in [3.8, 4) is 56.4 Å². The molecule has 0 spiro atoms. The molecule has 0 saturated carbocycles. The van der Waals surface area contributed by atoms with E-state index in [1.54, 1.807) is 0 Å². The summed E-state index contributed by atoms with van der Waals surface area (Å²) >= 11 is 0. The maximum atomic E-state index is 6.76. The fourth-order valence-electron chi connectivity index (χ4n) is 7.89. The Bertz CT molecular complexity index is 3250. The number of fused-ring (bicyclic) bond motifs is 6. The predicted molar refractivity (Wildman–Crippen MR) is 227 cm³/mol. The molecular weight excluding hydrogens is 671 g/mol. The van der Waals surface area contributed by atoms with Gasteiger partial charge in [-0.2, -0.15) is 0 Å². The minimum Gasteiger partial charge on any atom is -0.455 e. The third-order valence-corrected chi connectivity index (χ3v) is 10.7. The van der Waals surface area contributed by atoms with Crippen LogP contribution in [0.2, 0.25) is 0 Å². The van der Waals surface area contributed by atoms with Gasteiger partial charge in [-0.3, -0.25) is 0 Å². The van der Waals surface area contributed by atoms with E-state index >= 15 is 0 Å². The molecule has 11 rings (SSSR count). The lowest BCUT2D eigenvalue weighted by atomic mass is 9.96. The van der Waals surface area contributed by atoms with Crippen LogP contribution in [-0.4, -0.2) is 15.0 Å². The maximum absolute atomic E-state index is 6.76. The molecule has 0 saturated heterocycles. The molecule has 0 aliphatic heterocycles. The van der Waals surface area contributed by atoms with Crippen molar-refractivity contribution < 1.29 is 4.42 Å². The van der Waals surface area contributed by atoms with E-state index in [2.05, 4.69) is 158 Å². The Kier molecular flexibility index (Phi) is 7.14. The average molecular weight is 702 g/mol. The van der Waals surface area contributed by atoms with E-state index in [9.17, 15) is 0 Å². The molecule has 0 N–H and O–H groups in total. The van der Waals surface area contributed by atoms with Gasteiger partial charge in [0.25, 0.3) is 0 Å². The highest BCUT2D eigenvalue weighted by Gasteiger charge is 2.19. The van der Waals surface area contributed by atoms with Crippen LogP contribution in [0.4, 0.5) is 0 Å². The van der Waals surface area contributed by atoms with E-state index < -0.39 is 0 Å². The minimum atomic E-state index is 0.598.